The summed E-state index contributed by atoms with van der Waals surface area (Å²) in [5.41, 5.74) is 1.97. The third-order valence-corrected chi connectivity index (χ3v) is 5.80. The van der Waals surface area contributed by atoms with Crippen molar-refractivity contribution in [2.24, 2.45) is 0 Å². The van der Waals surface area contributed by atoms with Gasteiger partial charge in [0.05, 0.1) is 11.3 Å². The summed E-state index contributed by atoms with van der Waals surface area (Å²) in [6, 6.07) is 19.5. The van der Waals surface area contributed by atoms with Crippen molar-refractivity contribution in [3.63, 3.8) is 0 Å². The second kappa shape index (κ2) is 8.97. The Balaban J connectivity index is 1.42. The molecule has 0 unspecified atom stereocenters. The molecule has 3 aromatic rings. The molecule has 4 rings (SSSR count). The lowest BCUT2D eigenvalue weighted by Gasteiger charge is -2.25. The molecular weight excluding hydrogens is 439 g/mol. The van der Waals surface area contributed by atoms with Gasteiger partial charge in [-0.15, -0.1) is 0 Å². The highest BCUT2D eigenvalue weighted by Crippen LogP contribution is 2.44. The lowest BCUT2D eigenvalue weighted by Crippen LogP contribution is -2.52. The molecule has 0 aromatic heterocycles. The summed E-state index contributed by atoms with van der Waals surface area (Å²) in [5, 5.41) is 13.9. The number of anilines is 1. The molecule has 1 aliphatic rings. The van der Waals surface area contributed by atoms with E-state index in [2.05, 4.69) is 10.6 Å². The van der Waals surface area contributed by atoms with Crippen LogP contribution in [0.1, 0.15) is 41.3 Å². The van der Waals surface area contributed by atoms with Gasteiger partial charge in [0.25, 0.3) is 0 Å². The number of amides is 2. The predicted octanol–water partition coefficient (Wildman–Crippen LogP) is 4.78. The fourth-order valence-corrected chi connectivity index (χ4v) is 4.02. The van der Waals surface area contributed by atoms with E-state index < -0.39 is 34.9 Å². The summed E-state index contributed by atoms with van der Waals surface area (Å²) >= 11 is 0. The van der Waals surface area contributed by atoms with E-state index in [1.54, 1.807) is 0 Å². The van der Waals surface area contributed by atoms with Gasteiger partial charge in [0.15, 0.2) is 5.82 Å². The molecule has 1 aliphatic carbocycles. The van der Waals surface area contributed by atoms with Crippen molar-refractivity contribution in [1.29, 1.82) is 0 Å². The number of rotatable bonds is 6. The number of carbonyl (C=O) groups excluding carboxylic acids is 2. The molecule has 0 radical (unpaired) electrons. The number of carboxylic acids is 1. The average molecular weight is 462 g/mol. The smallest absolute Gasteiger partial charge is 0.408 e. The Hall–Kier alpha value is -4.20. The Kier molecular flexibility index (Phi) is 6.06. The molecule has 0 fully saturated rings. The number of hydrogen-bond acceptors (Lipinski definition) is 4. The molecule has 2 amide bonds. The quantitative estimate of drug-likeness (QED) is 0.489. The second-order valence-corrected chi connectivity index (χ2v) is 8.50. The van der Waals surface area contributed by atoms with Crippen molar-refractivity contribution < 1.29 is 28.6 Å². The predicted molar refractivity (Wildman–Crippen MR) is 124 cm³/mol. The SMILES string of the molecule is CC(C)(NC(=O)OCC1c2ccccc2-c2ccccc21)C(=O)Nc1cccc(C(=O)O)c1F. The van der Waals surface area contributed by atoms with Crippen LogP contribution >= 0.6 is 0 Å². The zero-order valence-corrected chi connectivity index (χ0v) is 18.6. The molecule has 0 spiro atoms. The summed E-state index contributed by atoms with van der Waals surface area (Å²) in [6.45, 7) is 2.94. The zero-order chi connectivity index (χ0) is 24.5. The molecule has 0 atom stereocenters. The normalized spacial score (nSPS) is 12.4. The highest BCUT2D eigenvalue weighted by molar-refractivity contribution is 6.00. The third-order valence-electron chi connectivity index (χ3n) is 5.80. The Bertz CT molecular complexity index is 1240. The van der Waals surface area contributed by atoms with E-state index in [1.165, 1.54) is 26.0 Å². The Morgan fingerprint density at radius 1 is 0.941 bits per heavy atom. The minimum atomic E-state index is -1.46. The fourth-order valence-electron chi connectivity index (χ4n) is 4.02. The van der Waals surface area contributed by atoms with Gasteiger partial charge in [0.2, 0.25) is 5.91 Å². The highest BCUT2D eigenvalue weighted by Gasteiger charge is 2.33. The summed E-state index contributed by atoms with van der Waals surface area (Å²) < 4.78 is 19.8. The Morgan fingerprint density at radius 3 is 2.12 bits per heavy atom. The van der Waals surface area contributed by atoms with Crippen LogP contribution in [0.3, 0.4) is 0 Å². The van der Waals surface area contributed by atoms with Crippen LogP contribution in [0.5, 0.6) is 0 Å². The van der Waals surface area contributed by atoms with Gasteiger partial charge in [-0.1, -0.05) is 54.6 Å². The number of halogens is 1. The molecule has 3 N–H and O–H groups in total. The molecule has 0 aliphatic heterocycles. The summed E-state index contributed by atoms with van der Waals surface area (Å²) in [6.07, 6.45) is -0.804. The number of aromatic carboxylic acids is 1. The van der Waals surface area contributed by atoms with Gasteiger partial charge in [0.1, 0.15) is 12.1 Å². The van der Waals surface area contributed by atoms with E-state index >= 15 is 0 Å². The van der Waals surface area contributed by atoms with E-state index in [0.29, 0.717) is 0 Å². The van der Waals surface area contributed by atoms with Gasteiger partial charge < -0.3 is 20.5 Å². The molecule has 0 saturated heterocycles. The average Bonchev–Trinajstić information content (AvgIpc) is 3.12. The van der Waals surface area contributed by atoms with Crippen molar-refractivity contribution in [2.75, 3.05) is 11.9 Å². The molecule has 34 heavy (non-hydrogen) atoms. The van der Waals surface area contributed by atoms with Crippen LogP contribution in [-0.4, -0.2) is 35.2 Å². The van der Waals surface area contributed by atoms with Crippen LogP contribution in [-0.2, 0) is 9.53 Å². The first-order chi connectivity index (χ1) is 16.2. The van der Waals surface area contributed by atoms with Crippen LogP contribution in [0.4, 0.5) is 14.9 Å². The minimum Gasteiger partial charge on any atom is -0.478 e. The van der Waals surface area contributed by atoms with E-state index in [-0.39, 0.29) is 18.2 Å². The first-order valence-corrected chi connectivity index (χ1v) is 10.7. The minimum absolute atomic E-state index is 0.0762. The lowest BCUT2D eigenvalue weighted by molar-refractivity contribution is -0.121. The Labute approximate surface area is 195 Å². The fraction of sp³-hybridized carbons (Fsp3) is 0.192. The van der Waals surface area contributed by atoms with Crippen LogP contribution in [0.25, 0.3) is 11.1 Å². The zero-order valence-electron chi connectivity index (χ0n) is 18.6. The van der Waals surface area contributed by atoms with E-state index in [1.807, 2.05) is 48.5 Å². The van der Waals surface area contributed by atoms with Crippen LogP contribution in [0.15, 0.2) is 66.7 Å². The van der Waals surface area contributed by atoms with E-state index in [0.717, 1.165) is 28.3 Å². The van der Waals surface area contributed by atoms with Crippen molar-refractivity contribution in [2.45, 2.75) is 25.3 Å². The molecule has 3 aromatic carbocycles. The highest BCUT2D eigenvalue weighted by atomic mass is 19.1. The molecule has 174 valence electrons. The number of benzene rings is 3. The monoisotopic (exact) mass is 462 g/mol. The third kappa shape index (κ3) is 4.34. The molecule has 0 saturated carbocycles. The van der Waals surface area contributed by atoms with Crippen molar-refractivity contribution >= 4 is 23.7 Å². The first kappa shape index (κ1) is 23.0. The van der Waals surface area contributed by atoms with Crippen LogP contribution in [0.2, 0.25) is 0 Å². The van der Waals surface area contributed by atoms with Gasteiger partial charge >= 0.3 is 12.1 Å². The number of ether oxygens (including phenoxy) is 1. The summed E-state index contributed by atoms with van der Waals surface area (Å²) in [4.78, 5) is 36.3. The lowest BCUT2D eigenvalue weighted by atomic mass is 9.98. The van der Waals surface area contributed by atoms with Crippen molar-refractivity contribution in [3.8, 4) is 11.1 Å². The maximum atomic E-state index is 14.4. The first-order valence-electron chi connectivity index (χ1n) is 10.7. The van der Waals surface area contributed by atoms with Crippen molar-refractivity contribution in [1.82, 2.24) is 5.32 Å². The largest absolute Gasteiger partial charge is 0.478 e. The maximum Gasteiger partial charge on any atom is 0.408 e. The van der Waals surface area contributed by atoms with Crippen LogP contribution < -0.4 is 10.6 Å². The van der Waals surface area contributed by atoms with Gasteiger partial charge in [-0.05, 0) is 48.2 Å². The van der Waals surface area contributed by atoms with Crippen LogP contribution in [0, 0.1) is 5.82 Å². The summed E-state index contributed by atoms with van der Waals surface area (Å²) in [5.74, 6) is -3.39. The topological polar surface area (TPSA) is 105 Å². The second-order valence-electron chi connectivity index (χ2n) is 8.50. The van der Waals surface area contributed by atoms with Gasteiger partial charge in [-0.2, -0.15) is 0 Å². The Morgan fingerprint density at radius 2 is 1.53 bits per heavy atom. The molecule has 0 bridgehead atoms. The van der Waals surface area contributed by atoms with E-state index in [9.17, 15) is 18.8 Å². The maximum absolute atomic E-state index is 14.4. The number of carbonyl (C=O) groups is 3. The molecular formula is C26H23FN2O5. The van der Waals surface area contributed by atoms with Crippen molar-refractivity contribution in [3.05, 3.63) is 89.2 Å². The standard InChI is InChI=1S/C26H23FN2O5/c1-26(2,24(32)28-21-13-7-12-19(22(21)27)23(30)31)29-25(33)34-14-20-17-10-5-3-8-15(17)16-9-4-6-11-18(16)20/h3-13,20H,14H2,1-2H3,(H,28,32)(H,29,33)(H,30,31). The van der Waals surface area contributed by atoms with Gasteiger partial charge in [-0.25, -0.2) is 14.0 Å². The molecule has 0 heterocycles. The van der Waals surface area contributed by atoms with E-state index in [4.69, 9.17) is 9.84 Å². The number of hydrogen-bond donors (Lipinski definition) is 3. The van der Waals surface area contributed by atoms with Gasteiger partial charge in [-0.3, -0.25) is 4.79 Å². The number of alkyl carbamates (subject to hydrolysis) is 1. The van der Waals surface area contributed by atoms with Gasteiger partial charge in [0, 0.05) is 5.92 Å². The summed E-state index contributed by atoms with van der Waals surface area (Å²) in [7, 11) is 0. The number of fused-ring (bicyclic) bond motifs is 3. The molecule has 8 heteroatoms. The molecule has 7 nitrogen and oxygen atoms in total. The number of carboxylic acid groups (broad SMARTS) is 1. The number of nitrogens with one attached hydrogen (secondary N) is 2.